The maximum Gasteiger partial charge on any atom is 0.234 e. The smallest absolute Gasteiger partial charge is 0.234 e. The van der Waals surface area contributed by atoms with Crippen molar-refractivity contribution in [1.29, 1.82) is 0 Å². The van der Waals surface area contributed by atoms with E-state index in [9.17, 15) is 14.4 Å². The van der Waals surface area contributed by atoms with Gasteiger partial charge >= 0.3 is 0 Å². The summed E-state index contributed by atoms with van der Waals surface area (Å²) in [6.07, 6.45) is 3.72. The number of benzene rings is 2. The lowest BCUT2D eigenvalue weighted by Crippen LogP contribution is -2.42. The molecule has 0 bridgehead atoms. The number of ketones is 2. The third kappa shape index (κ3) is 7.03. The molecule has 0 unspecified atom stereocenters. The number of Topliss-reactive ketones (excluding diaryl/α,β-unsaturated/α-hetero) is 2. The van der Waals surface area contributed by atoms with Crippen molar-refractivity contribution in [2.24, 2.45) is 11.5 Å². The Balaban J connectivity index is 0.000000191. The molecule has 2 heterocycles. The Hall–Kier alpha value is -2.94. The van der Waals surface area contributed by atoms with Crippen LogP contribution in [0, 0.1) is 0 Å². The minimum absolute atomic E-state index is 0.0405. The monoisotopic (exact) mass is 480 g/mol. The lowest BCUT2D eigenvalue weighted by molar-refractivity contribution is -0.122. The third-order valence-corrected chi connectivity index (χ3v) is 6.54. The quantitative estimate of drug-likeness (QED) is 0.441. The molecule has 4 rings (SSSR count). The van der Waals surface area contributed by atoms with Crippen molar-refractivity contribution in [2.45, 2.75) is 37.8 Å². The predicted molar refractivity (Wildman–Crippen MR) is 137 cm³/mol. The molecule has 0 saturated carbocycles. The van der Waals surface area contributed by atoms with Gasteiger partial charge in [0.2, 0.25) is 5.91 Å². The molecule has 34 heavy (non-hydrogen) atoms. The minimum Gasteiger partial charge on any atom is -0.392 e. The Bertz CT molecular complexity index is 918. The summed E-state index contributed by atoms with van der Waals surface area (Å²) in [7, 11) is 0. The number of hydrogen-bond donors (Lipinski definition) is 2. The lowest BCUT2D eigenvalue weighted by atomic mass is 10.1. The molecule has 4 N–H and O–H groups in total. The molecule has 2 fully saturated rings. The number of rotatable bonds is 8. The van der Waals surface area contributed by atoms with Gasteiger partial charge in [-0.15, -0.1) is 0 Å². The molecule has 8 heteroatoms. The fraction of sp³-hybridized carbons (Fsp3) is 0.385. The molecule has 2 aliphatic rings. The highest BCUT2D eigenvalue weighted by Crippen LogP contribution is 2.18. The summed E-state index contributed by atoms with van der Waals surface area (Å²) >= 11 is 5.03. The Kier molecular flexibility index (Phi) is 9.44. The molecule has 180 valence electrons. The number of thiocarbonyl (C=S) groups is 1. The van der Waals surface area contributed by atoms with Gasteiger partial charge in [0.15, 0.2) is 11.6 Å². The van der Waals surface area contributed by atoms with Gasteiger partial charge in [-0.3, -0.25) is 24.2 Å². The summed E-state index contributed by atoms with van der Waals surface area (Å²) in [5.74, 6) is -0.157. The Morgan fingerprint density at radius 1 is 0.735 bits per heavy atom. The number of primary amides is 1. The highest BCUT2D eigenvalue weighted by molar-refractivity contribution is 7.80. The van der Waals surface area contributed by atoms with Gasteiger partial charge in [-0.2, -0.15) is 0 Å². The van der Waals surface area contributed by atoms with E-state index in [1.54, 1.807) is 12.1 Å². The number of nitrogens with two attached hydrogens (primary N) is 2. The third-order valence-electron chi connectivity index (χ3n) is 6.27. The predicted octanol–water partition coefficient (Wildman–Crippen LogP) is 2.44. The van der Waals surface area contributed by atoms with Gasteiger partial charge in [0.05, 0.1) is 30.2 Å². The maximum atomic E-state index is 12.0. The van der Waals surface area contributed by atoms with E-state index in [-0.39, 0.29) is 36.1 Å². The van der Waals surface area contributed by atoms with Crippen LogP contribution in [-0.2, 0) is 4.79 Å². The summed E-state index contributed by atoms with van der Waals surface area (Å²) in [6, 6.07) is 18.3. The van der Waals surface area contributed by atoms with Crippen LogP contribution in [0.15, 0.2) is 60.7 Å². The number of nitrogens with zero attached hydrogens (tertiary/aromatic N) is 2. The first-order valence-electron chi connectivity index (χ1n) is 11.6. The van der Waals surface area contributed by atoms with E-state index >= 15 is 0 Å². The fourth-order valence-electron chi connectivity index (χ4n) is 4.47. The second-order valence-electron chi connectivity index (χ2n) is 8.64. The maximum absolute atomic E-state index is 12.0. The van der Waals surface area contributed by atoms with E-state index in [0.29, 0.717) is 17.1 Å². The molecule has 2 saturated heterocycles. The van der Waals surface area contributed by atoms with Gasteiger partial charge in [-0.1, -0.05) is 72.9 Å². The first kappa shape index (κ1) is 25.7. The van der Waals surface area contributed by atoms with Gasteiger partial charge in [0.25, 0.3) is 0 Å². The van der Waals surface area contributed by atoms with E-state index in [1.807, 2.05) is 53.4 Å². The van der Waals surface area contributed by atoms with Crippen LogP contribution in [-0.4, -0.2) is 70.5 Å². The van der Waals surface area contributed by atoms with Crippen molar-refractivity contribution in [3.63, 3.8) is 0 Å². The van der Waals surface area contributed by atoms with Crippen molar-refractivity contribution in [1.82, 2.24) is 9.80 Å². The Morgan fingerprint density at radius 2 is 1.15 bits per heavy atom. The van der Waals surface area contributed by atoms with Crippen molar-refractivity contribution in [3.05, 3.63) is 71.8 Å². The van der Waals surface area contributed by atoms with Crippen LogP contribution in [0.4, 0.5) is 0 Å². The van der Waals surface area contributed by atoms with Crippen LogP contribution < -0.4 is 11.5 Å². The molecule has 0 radical (unpaired) electrons. The molecule has 2 aliphatic heterocycles. The normalized spacial score (nSPS) is 20.4. The topological polar surface area (TPSA) is 110 Å². The van der Waals surface area contributed by atoms with Crippen LogP contribution in [0.2, 0.25) is 0 Å². The average Bonchev–Trinajstić information content (AvgIpc) is 3.50. The summed E-state index contributed by atoms with van der Waals surface area (Å²) in [5.41, 5.74) is 12.4. The zero-order valence-electron chi connectivity index (χ0n) is 19.3. The number of carbonyl (C=O) groups excluding carboxylic acids is 3. The molecule has 2 aromatic carbocycles. The summed E-state index contributed by atoms with van der Waals surface area (Å²) in [6.45, 7) is 2.36. The second-order valence-corrected chi connectivity index (χ2v) is 9.11. The van der Waals surface area contributed by atoms with Crippen molar-refractivity contribution in [3.8, 4) is 0 Å². The number of carbonyl (C=O) groups is 3. The molecular formula is C26H32N4O3S. The first-order valence-corrected chi connectivity index (χ1v) is 12.0. The van der Waals surface area contributed by atoms with E-state index in [1.165, 1.54) is 0 Å². The summed E-state index contributed by atoms with van der Waals surface area (Å²) in [5, 5.41) is 0. The zero-order valence-corrected chi connectivity index (χ0v) is 20.1. The van der Waals surface area contributed by atoms with Crippen molar-refractivity contribution >= 4 is 34.7 Å². The highest BCUT2D eigenvalue weighted by atomic mass is 32.1. The Labute approximate surface area is 206 Å². The second kappa shape index (κ2) is 12.5. The number of amides is 1. The first-order chi connectivity index (χ1) is 16.4. The number of likely N-dealkylation sites (tertiary alicyclic amines) is 2. The van der Waals surface area contributed by atoms with Crippen LogP contribution in [0.1, 0.15) is 46.4 Å². The molecular weight excluding hydrogens is 448 g/mol. The van der Waals surface area contributed by atoms with Gasteiger partial charge in [0.1, 0.15) is 0 Å². The number of hydrogen-bond acceptors (Lipinski definition) is 6. The summed E-state index contributed by atoms with van der Waals surface area (Å²) < 4.78 is 0. The van der Waals surface area contributed by atoms with Gasteiger partial charge < -0.3 is 11.5 Å². The van der Waals surface area contributed by atoms with E-state index in [4.69, 9.17) is 23.7 Å². The van der Waals surface area contributed by atoms with Crippen LogP contribution in [0.5, 0.6) is 0 Å². The lowest BCUT2D eigenvalue weighted by Gasteiger charge is -2.22. The zero-order chi connectivity index (χ0) is 24.5. The van der Waals surface area contributed by atoms with E-state index in [0.717, 1.165) is 44.3 Å². The molecule has 0 aliphatic carbocycles. The van der Waals surface area contributed by atoms with E-state index in [2.05, 4.69) is 4.90 Å². The Morgan fingerprint density at radius 3 is 1.56 bits per heavy atom. The molecule has 2 aromatic rings. The molecule has 2 atom stereocenters. The van der Waals surface area contributed by atoms with E-state index < -0.39 is 0 Å². The van der Waals surface area contributed by atoms with Gasteiger partial charge in [-0.05, 0) is 38.8 Å². The van der Waals surface area contributed by atoms with Crippen LogP contribution in [0.25, 0.3) is 0 Å². The van der Waals surface area contributed by atoms with Crippen molar-refractivity contribution < 1.29 is 14.4 Å². The average molecular weight is 481 g/mol. The standard InChI is InChI=1S/C13H16N2O2.C13H16N2OS/c2*14-13(17)11-7-4-8-15(11)9-12(16)10-5-2-1-3-6-10/h2*1-3,5-6,11H,4,7-9H2,(H2,14,17)/t2*11-/m00/s1. The van der Waals surface area contributed by atoms with Crippen LogP contribution in [0.3, 0.4) is 0 Å². The highest BCUT2D eigenvalue weighted by Gasteiger charge is 2.30. The van der Waals surface area contributed by atoms with Gasteiger partial charge in [-0.25, -0.2) is 0 Å². The molecule has 7 nitrogen and oxygen atoms in total. The SMILES string of the molecule is NC(=O)[C@@H]1CCCN1CC(=O)c1ccccc1.NC(=S)[C@@H]1CCCN1CC(=O)c1ccccc1. The van der Waals surface area contributed by atoms with Crippen molar-refractivity contribution in [2.75, 3.05) is 26.2 Å². The van der Waals surface area contributed by atoms with Gasteiger partial charge in [0, 0.05) is 11.1 Å². The molecule has 1 amide bonds. The minimum atomic E-state index is -0.330. The fourth-order valence-corrected chi connectivity index (χ4v) is 4.74. The largest absolute Gasteiger partial charge is 0.392 e. The molecule has 0 spiro atoms. The van der Waals surface area contributed by atoms with Crippen LogP contribution >= 0.6 is 12.2 Å². The summed E-state index contributed by atoms with van der Waals surface area (Å²) in [4.78, 5) is 39.7. The molecule has 0 aromatic heterocycles.